The molecule has 2 N–H and O–H groups in total. The predicted octanol–water partition coefficient (Wildman–Crippen LogP) is 1.66. The molecule has 2 aromatic rings. The molecule has 0 aliphatic heterocycles. The summed E-state index contributed by atoms with van der Waals surface area (Å²) in [6, 6.07) is 5.47. The van der Waals surface area contributed by atoms with Crippen molar-refractivity contribution in [2.45, 2.75) is 44.6 Å². The SMILES string of the molecule is Cn1cc(C(=O)NC2CCC(CCNC(=O)c3ccc4c(c3)CCC4=O)C2)nn1. The topological polar surface area (TPSA) is 106 Å². The van der Waals surface area contributed by atoms with E-state index in [1.807, 2.05) is 6.07 Å². The number of hydrogen-bond donors (Lipinski definition) is 2. The number of carbonyl (C=O) groups is 3. The molecule has 0 bridgehead atoms. The maximum atomic E-state index is 12.4. The fraction of sp³-hybridized carbons (Fsp3) is 0.476. The van der Waals surface area contributed by atoms with Gasteiger partial charge in [-0.05, 0) is 55.7 Å². The number of nitrogens with zero attached hydrogens (tertiary/aromatic N) is 3. The van der Waals surface area contributed by atoms with Gasteiger partial charge in [0.1, 0.15) is 0 Å². The van der Waals surface area contributed by atoms with Gasteiger partial charge in [0, 0.05) is 37.2 Å². The van der Waals surface area contributed by atoms with Gasteiger partial charge in [-0.15, -0.1) is 5.10 Å². The Hall–Kier alpha value is -3.03. The van der Waals surface area contributed by atoms with Crippen molar-refractivity contribution in [3.8, 4) is 0 Å². The van der Waals surface area contributed by atoms with E-state index in [0.29, 0.717) is 30.1 Å². The van der Waals surface area contributed by atoms with E-state index < -0.39 is 0 Å². The molecule has 152 valence electrons. The van der Waals surface area contributed by atoms with Gasteiger partial charge in [0.15, 0.2) is 11.5 Å². The van der Waals surface area contributed by atoms with Crippen LogP contribution in [-0.4, -0.2) is 45.2 Å². The molecule has 0 radical (unpaired) electrons. The molecule has 8 heteroatoms. The lowest BCUT2D eigenvalue weighted by Gasteiger charge is -2.13. The predicted molar refractivity (Wildman–Crippen MR) is 106 cm³/mol. The van der Waals surface area contributed by atoms with Crippen LogP contribution >= 0.6 is 0 Å². The van der Waals surface area contributed by atoms with Crippen LogP contribution in [0.5, 0.6) is 0 Å². The number of aryl methyl sites for hydroxylation is 2. The summed E-state index contributed by atoms with van der Waals surface area (Å²) in [6.45, 7) is 0.602. The first-order chi connectivity index (χ1) is 14.0. The van der Waals surface area contributed by atoms with Crippen molar-refractivity contribution in [1.82, 2.24) is 25.6 Å². The van der Waals surface area contributed by atoms with Gasteiger partial charge in [-0.3, -0.25) is 19.1 Å². The lowest BCUT2D eigenvalue weighted by molar-refractivity contribution is 0.0930. The van der Waals surface area contributed by atoms with Gasteiger partial charge >= 0.3 is 0 Å². The molecule has 4 rings (SSSR count). The van der Waals surface area contributed by atoms with Crippen LogP contribution in [0.2, 0.25) is 0 Å². The molecule has 2 unspecified atom stereocenters. The molecule has 1 heterocycles. The van der Waals surface area contributed by atoms with Crippen LogP contribution in [0.1, 0.15) is 68.9 Å². The fourth-order valence-corrected chi connectivity index (χ4v) is 4.27. The molecule has 2 atom stereocenters. The number of rotatable bonds is 6. The van der Waals surface area contributed by atoms with E-state index in [4.69, 9.17) is 0 Å². The number of amides is 2. The fourth-order valence-electron chi connectivity index (χ4n) is 4.27. The normalized spacial score (nSPS) is 20.5. The molecular formula is C21H25N5O3. The van der Waals surface area contributed by atoms with Crippen LogP contribution in [0.3, 0.4) is 0 Å². The zero-order valence-corrected chi connectivity index (χ0v) is 16.5. The van der Waals surface area contributed by atoms with Gasteiger partial charge in [0.05, 0.1) is 6.20 Å². The minimum atomic E-state index is -0.188. The van der Waals surface area contributed by atoms with Crippen molar-refractivity contribution < 1.29 is 14.4 Å². The Morgan fingerprint density at radius 2 is 2.07 bits per heavy atom. The van der Waals surface area contributed by atoms with E-state index in [1.165, 1.54) is 4.68 Å². The molecule has 1 aromatic carbocycles. The molecule has 2 amide bonds. The summed E-state index contributed by atoms with van der Waals surface area (Å²) in [6.07, 6.45) is 6.61. The monoisotopic (exact) mass is 395 g/mol. The smallest absolute Gasteiger partial charge is 0.273 e. The summed E-state index contributed by atoms with van der Waals surface area (Å²) < 4.78 is 1.51. The van der Waals surface area contributed by atoms with Gasteiger partial charge in [-0.2, -0.15) is 0 Å². The third-order valence-corrected chi connectivity index (χ3v) is 5.84. The molecule has 1 fully saturated rings. The number of Topliss-reactive ketones (excluding diaryl/α,β-unsaturated/α-hetero) is 1. The summed E-state index contributed by atoms with van der Waals surface area (Å²) in [5, 5.41) is 13.6. The van der Waals surface area contributed by atoms with Crippen molar-refractivity contribution >= 4 is 17.6 Å². The number of aromatic nitrogens is 3. The molecule has 2 aliphatic carbocycles. The standard InChI is InChI=1S/C21H25N5O3/c1-26-12-18(24-25-26)21(29)23-16-5-2-13(10-16)8-9-22-20(28)15-3-6-17-14(11-15)4-7-19(17)27/h3,6,11-13,16H,2,4-5,7-10H2,1H3,(H,22,28)(H,23,29). The quantitative estimate of drug-likeness (QED) is 0.774. The third-order valence-electron chi connectivity index (χ3n) is 5.84. The largest absolute Gasteiger partial charge is 0.352 e. The number of carbonyl (C=O) groups excluding carboxylic acids is 3. The van der Waals surface area contributed by atoms with Gasteiger partial charge in [0.25, 0.3) is 11.8 Å². The number of nitrogens with one attached hydrogen (secondary N) is 2. The Labute approximate surface area is 169 Å². The number of benzene rings is 1. The first-order valence-corrected chi connectivity index (χ1v) is 10.1. The Bertz CT molecular complexity index is 952. The van der Waals surface area contributed by atoms with Crippen molar-refractivity contribution in [2.75, 3.05) is 6.54 Å². The summed E-state index contributed by atoms with van der Waals surface area (Å²) in [5.74, 6) is 0.346. The van der Waals surface area contributed by atoms with Gasteiger partial charge in [0.2, 0.25) is 0 Å². The Morgan fingerprint density at radius 3 is 2.86 bits per heavy atom. The highest BCUT2D eigenvalue weighted by Gasteiger charge is 2.27. The lowest BCUT2D eigenvalue weighted by atomic mass is 10.0. The second-order valence-electron chi connectivity index (χ2n) is 7.97. The van der Waals surface area contributed by atoms with Crippen LogP contribution < -0.4 is 10.6 Å². The summed E-state index contributed by atoms with van der Waals surface area (Å²) in [5.41, 5.74) is 2.67. The first-order valence-electron chi connectivity index (χ1n) is 10.1. The van der Waals surface area contributed by atoms with E-state index in [0.717, 1.165) is 43.2 Å². The molecule has 0 saturated heterocycles. The van der Waals surface area contributed by atoms with E-state index >= 15 is 0 Å². The van der Waals surface area contributed by atoms with Crippen molar-refractivity contribution in [2.24, 2.45) is 13.0 Å². The maximum Gasteiger partial charge on any atom is 0.273 e. The first kappa shape index (κ1) is 19.3. The molecule has 1 aromatic heterocycles. The van der Waals surface area contributed by atoms with Gasteiger partial charge in [-0.1, -0.05) is 11.3 Å². The highest BCUT2D eigenvalue weighted by atomic mass is 16.2. The summed E-state index contributed by atoms with van der Waals surface area (Å²) >= 11 is 0. The zero-order valence-electron chi connectivity index (χ0n) is 16.5. The maximum absolute atomic E-state index is 12.4. The summed E-state index contributed by atoms with van der Waals surface area (Å²) in [7, 11) is 1.73. The average molecular weight is 395 g/mol. The Balaban J connectivity index is 1.21. The van der Waals surface area contributed by atoms with E-state index in [-0.39, 0.29) is 23.6 Å². The van der Waals surface area contributed by atoms with E-state index in [9.17, 15) is 14.4 Å². The zero-order chi connectivity index (χ0) is 20.4. The van der Waals surface area contributed by atoms with Crippen molar-refractivity contribution in [3.05, 3.63) is 46.8 Å². The lowest BCUT2D eigenvalue weighted by Crippen LogP contribution is -2.33. The Kier molecular flexibility index (Phi) is 5.42. The van der Waals surface area contributed by atoms with Gasteiger partial charge in [-0.25, -0.2) is 0 Å². The Morgan fingerprint density at radius 1 is 1.21 bits per heavy atom. The van der Waals surface area contributed by atoms with Crippen molar-refractivity contribution in [3.63, 3.8) is 0 Å². The minimum Gasteiger partial charge on any atom is -0.352 e. The molecule has 0 spiro atoms. The summed E-state index contributed by atoms with van der Waals surface area (Å²) in [4.78, 5) is 36.3. The average Bonchev–Trinajstić information content (AvgIpc) is 3.42. The molecule has 8 nitrogen and oxygen atoms in total. The number of hydrogen-bond acceptors (Lipinski definition) is 5. The number of fused-ring (bicyclic) bond motifs is 1. The van der Waals surface area contributed by atoms with Gasteiger partial charge < -0.3 is 10.6 Å². The molecule has 1 saturated carbocycles. The minimum absolute atomic E-state index is 0.0994. The molecule has 29 heavy (non-hydrogen) atoms. The van der Waals surface area contributed by atoms with E-state index in [2.05, 4.69) is 20.9 Å². The van der Waals surface area contributed by atoms with E-state index in [1.54, 1.807) is 25.4 Å². The third kappa shape index (κ3) is 4.36. The van der Waals surface area contributed by atoms with Crippen LogP contribution in [0, 0.1) is 5.92 Å². The highest BCUT2D eigenvalue weighted by molar-refractivity contribution is 6.02. The highest BCUT2D eigenvalue weighted by Crippen LogP contribution is 2.28. The van der Waals surface area contributed by atoms with Crippen LogP contribution in [-0.2, 0) is 13.5 Å². The molecule has 2 aliphatic rings. The number of ketones is 1. The van der Waals surface area contributed by atoms with Crippen LogP contribution in [0.4, 0.5) is 0 Å². The van der Waals surface area contributed by atoms with Crippen molar-refractivity contribution in [1.29, 1.82) is 0 Å². The van der Waals surface area contributed by atoms with Crippen LogP contribution in [0.25, 0.3) is 0 Å². The second kappa shape index (κ2) is 8.14. The van der Waals surface area contributed by atoms with Crippen LogP contribution in [0.15, 0.2) is 24.4 Å². The second-order valence-corrected chi connectivity index (χ2v) is 7.97. The molecular weight excluding hydrogens is 370 g/mol.